The van der Waals surface area contributed by atoms with Crippen molar-refractivity contribution in [2.75, 3.05) is 0 Å². The van der Waals surface area contributed by atoms with E-state index >= 15 is 0 Å². The molecule has 1 saturated carbocycles. The van der Waals surface area contributed by atoms with Crippen molar-refractivity contribution in [3.63, 3.8) is 0 Å². The summed E-state index contributed by atoms with van der Waals surface area (Å²) in [5.41, 5.74) is 0.934. The maximum atomic E-state index is 9.61. The molecule has 0 N–H and O–H groups in total. The molecule has 110 valence electrons. The van der Waals surface area contributed by atoms with Crippen molar-refractivity contribution < 1.29 is 0 Å². The summed E-state index contributed by atoms with van der Waals surface area (Å²) in [5, 5.41) is 14.3. The Morgan fingerprint density at radius 2 is 2.20 bits per heavy atom. The molecule has 1 aliphatic carbocycles. The number of nitriles is 1. The lowest BCUT2D eigenvalue weighted by Crippen LogP contribution is -2.19. The molecule has 0 bridgehead atoms. The van der Waals surface area contributed by atoms with E-state index in [1.54, 1.807) is 0 Å². The fourth-order valence-corrected chi connectivity index (χ4v) is 3.57. The average molecular weight is 273 g/mol. The molecule has 0 aliphatic heterocycles. The number of nitrogens with zero attached hydrogens (tertiary/aromatic N) is 3. The van der Waals surface area contributed by atoms with Crippen LogP contribution >= 0.6 is 0 Å². The van der Waals surface area contributed by atoms with Gasteiger partial charge >= 0.3 is 0 Å². The Labute approximate surface area is 123 Å². The summed E-state index contributed by atoms with van der Waals surface area (Å²) in [6.45, 7) is 6.64. The Hall–Kier alpha value is -1.30. The van der Waals surface area contributed by atoms with E-state index in [-0.39, 0.29) is 5.41 Å². The summed E-state index contributed by atoms with van der Waals surface area (Å²) in [6.07, 6.45) is 9.63. The first-order valence-corrected chi connectivity index (χ1v) is 8.11. The SMILES string of the molecule is CCC1CCC(C#N)(Cc2ccn(C(CC)CC)n2)C1. The Morgan fingerprint density at radius 3 is 2.75 bits per heavy atom. The Balaban J connectivity index is 2.08. The third-order valence-corrected chi connectivity index (χ3v) is 5.02. The minimum atomic E-state index is -0.159. The van der Waals surface area contributed by atoms with Crippen LogP contribution in [0.15, 0.2) is 12.3 Å². The van der Waals surface area contributed by atoms with Crippen molar-refractivity contribution in [1.82, 2.24) is 9.78 Å². The first-order chi connectivity index (χ1) is 9.66. The molecule has 2 atom stereocenters. The number of hydrogen-bond donors (Lipinski definition) is 0. The summed E-state index contributed by atoms with van der Waals surface area (Å²) in [4.78, 5) is 0. The van der Waals surface area contributed by atoms with Crippen LogP contribution in [0, 0.1) is 22.7 Å². The molecule has 1 fully saturated rings. The normalized spacial score (nSPS) is 26.1. The first kappa shape index (κ1) is 15.1. The zero-order valence-electron chi connectivity index (χ0n) is 13.1. The van der Waals surface area contributed by atoms with Crippen LogP contribution in [0.5, 0.6) is 0 Å². The molecule has 1 aromatic heterocycles. The minimum Gasteiger partial charge on any atom is -0.269 e. The van der Waals surface area contributed by atoms with E-state index in [9.17, 15) is 5.26 Å². The van der Waals surface area contributed by atoms with Crippen LogP contribution in [0.1, 0.15) is 71.0 Å². The van der Waals surface area contributed by atoms with E-state index < -0.39 is 0 Å². The van der Waals surface area contributed by atoms with E-state index in [2.05, 4.69) is 43.8 Å². The van der Waals surface area contributed by atoms with E-state index in [1.807, 2.05) is 0 Å². The van der Waals surface area contributed by atoms with E-state index in [4.69, 9.17) is 5.10 Å². The fraction of sp³-hybridized carbons (Fsp3) is 0.765. The third-order valence-electron chi connectivity index (χ3n) is 5.02. The summed E-state index contributed by atoms with van der Waals surface area (Å²) in [6, 6.07) is 5.21. The van der Waals surface area contributed by atoms with Gasteiger partial charge in [-0.3, -0.25) is 4.68 Å². The first-order valence-electron chi connectivity index (χ1n) is 8.11. The Morgan fingerprint density at radius 1 is 1.45 bits per heavy atom. The number of rotatable bonds is 6. The molecule has 0 saturated heterocycles. The second kappa shape index (κ2) is 6.43. The van der Waals surface area contributed by atoms with Crippen molar-refractivity contribution in [2.45, 2.75) is 71.8 Å². The van der Waals surface area contributed by atoms with Crippen LogP contribution in [-0.4, -0.2) is 9.78 Å². The lowest BCUT2D eigenvalue weighted by Gasteiger charge is -2.19. The van der Waals surface area contributed by atoms with Gasteiger partial charge in [-0.15, -0.1) is 0 Å². The van der Waals surface area contributed by atoms with Gasteiger partial charge in [0.2, 0.25) is 0 Å². The largest absolute Gasteiger partial charge is 0.269 e. The quantitative estimate of drug-likeness (QED) is 0.765. The van der Waals surface area contributed by atoms with Crippen LogP contribution in [-0.2, 0) is 6.42 Å². The summed E-state index contributed by atoms with van der Waals surface area (Å²) in [7, 11) is 0. The second-order valence-corrected chi connectivity index (χ2v) is 6.34. The maximum Gasteiger partial charge on any atom is 0.0693 e. The second-order valence-electron chi connectivity index (χ2n) is 6.34. The average Bonchev–Trinajstić information content (AvgIpc) is 3.09. The highest BCUT2D eigenvalue weighted by atomic mass is 15.3. The van der Waals surface area contributed by atoms with Crippen LogP contribution in [0.2, 0.25) is 0 Å². The zero-order chi connectivity index (χ0) is 14.6. The van der Waals surface area contributed by atoms with Gasteiger partial charge in [0, 0.05) is 12.6 Å². The molecule has 0 spiro atoms. The standard InChI is InChI=1S/C17H27N3/c1-4-14-7-9-17(11-14,13-18)12-15-8-10-20(19-15)16(5-2)6-3/h8,10,14,16H,4-7,9,11-12H2,1-3H3. The lowest BCUT2D eigenvalue weighted by molar-refractivity contribution is 0.369. The molecule has 20 heavy (non-hydrogen) atoms. The molecule has 2 rings (SSSR count). The summed E-state index contributed by atoms with van der Waals surface area (Å²) >= 11 is 0. The van der Waals surface area contributed by atoms with E-state index in [0.29, 0.717) is 6.04 Å². The van der Waals surface area contributed by atoms with Gasteiger partial charge in [-0.25, -0.2) is 0 Å². The van der Waals surface area contributed by atoms with Crippen LogP contribution in [0.4, 0.5) is 0 Å². The van der Waals surface area contributed by atoms with Gasteiger partial charge < -0.3 is 0 Å². The zero-order valence-corrected chi connectivity index (χ0v) is 13.1. The van der Waals surface area contributed by atoms with Gasteiger partial charge in [-0.2, -0.15) is 10.4 Å². The maximum absolute atomic E-state index is 9.61. The smallest absolute Gasteiger partial charge is 0.0693 e. The highest BCUT2D eigenvalue weighted by molar-refractivity contribution is 5.13. The number of hydrogen-bond acceptors (Lipinski definition) is 2. The van der Waals surface area contributed by atoms with E-state index in [0.717, 1.165) is 43.7 Å². The van der Waals surface area contributed by atoms with Gasteiger partial charge in [0.05, 0.1) is 23.2 Å². The molecule has 1 heterocycles. The van der Waals surface area contributed by atoms with Crippen molar-refractivity contribution in [2.24, 2.45) is 11.3 Å². The molecular formula is C17H27N3. The van der Waals surface area contributed by atoms with Gasteiger partial charge in [0.15, 0.2) is 0 Å². The Bertz CT molecular complexity index is 467. The molecule has 2 unspecified atom stereocenters. The Kier molecular flexibility index (Phi) is 4.86. The topological polar surface area (TPSA) is 41.6 Å². The van der Waals surface area contributed by atoms with E-state index in [1.165, 1.54) is 12.8 Å². The van der Waals surface area contributed by atoms with Crippen LogP contribution < -0.4 is 0 Å². The minimum absolute atomic E-state index is 0.159. The van der Waals surface area contributed by atoms with Crippen LogP contribution in [0.3, 0.4) is 0 Å². The molecule has 1 aliphatic rings. The summed E-state index contributed by atoms with van der Waals surface area (Å²) < 4.78 is 2.09. The highest BCUT2D eigenvalue weighted by Crippen LogP contribution is 2.44. The molecule has 0 radical (unpaired) electrons. The van der Waals surface area contributed by atoms with Gasteiger partial charge in [-0.1, -0.05) is 27.2 Å². The molecule has 0 amide bonds. The van der Waals surface area contributed by atoms with Crippen molar-refractivity contribution in [3.05, 3.63) is 18.0 Å². The number of aromatic nitrogens is 2. The van der Waals surface area contributed by atoms with Crippen molar-refractivity contribution in [1.29, 1.82) is 5.26 Å². The monoisotopic (exact) mass is 273 g/mol. The highest BCUT2D eigenvalue weighted by Gasteiger charge is 2.39. The van der Waals surface area contributed by atoms with Gasteiger partial charge in [0.1, 0.15) is 0 Å². The molecule has 0 aromatic carbocycles. The predicted molar refractivity (Wildman–Crippen MR) is 81.2 cm³/mol. The fourth-order valence-electron chi connectivity index (χ4n) is 3.57. The van der Waals surface area contributed by atoms with Crippen LogP contribution in [0.25, 0.3) is 0 Å². The lowest BCUT2D eigenvalue weighted by atomic mass is 9.82. The molecule has 3 nitrogen and oxygen atoms in total. The van der Waals surface area contributed by atoms with Crippen molar-refractivity contribution in [3.8, 4) is 6.07 Å². The van der Waals surface area contributed by atoms with Gasteiger partial charge in [0.25, 0.3) is 0 Å². The van der Waals surface area contributed by atoms with Crippen molar-refractivity contribution >= 4 is 0 Å². The summed E-state index contributed by atoms with van der Waals surface area (Å²) in [5.74, 6) is 0.732. The molecule has 3 heteroatoms. The third kappa shape index (κ3) is 3.06. The predicted octanol–water partition coefficient (Wildman–Crippen LogP) is 4.51. The molecule has 1 aromatic rings. The molecular weight excluding hydrogens is 246 g/mol. The van der Waals surface area contributed by atoms with Gasteiger partial charge in [-0.05, 0) is 44.1 Å².